The van der Waals surface area contributed by atoms with Crippen molar-refractivity contribution in [2.75, 3.05) is 0 Å². The lowest BCUT2D eigenvalue weighted by Crippen LogP contribution is -2.23. The molecule has 0 radical (unpaired) electrons. The van der Waals surface area contributed by atoms with E-state index < -0.39 is 10.5 Å². The average Bonchev–Trinajstić information content (AvgIpc) is 2.15. The molecule has 0 unspecified atom stereocenters. The Bertz CT molecular complexity index is 472. The maximum Gasteiger partial charge on any atom is 0.292 e. The van der Waals surface area contributed by atoms with Gasteiger partial charge in [0.2, 0.25) is 5.88 Å². The first kappa shape index (κ1) is 12.9. The van der Waals surface area contributed by atoms with Gasteiger partial charge in [0.1, 0.15) is 11.3 Å². The molecule has 1 heterocycles. The molecule has 1 rings (SSSR count). The average molecular weight is 235 g/mol. The van der Waals surface area contributed by atoms with E-state index in [1.807, 2.05) is 26.8 Å². The van der Waals surface area contributed by atoms with Gasteiger partial charge in [-0.15, -0.1) is 0 Å². The molecule has 0 saturated heterocycles. The van der Waals surface area contributed by atoms with Gasteiger partial charge in [-0.05, 0) is 20.8 Å². The van der Waals surface area contributed by atoms with Gasteiger partial charge in [-0.25, -0.2) is 4.98 Å². The molecule has 0 saturated carbocycles. The van der Waals surface area contributed by atoms with Gasteiger partial charge in [0.25, 0.3) is 5.69 Å². The van der Waals surface area contributed by atoms with Crippen LogP contribution in [0.4, 0.5) is 5.69 Å². The van der Waals surface area contributed by atoms with E-state index in [-0.39, 0.29) is 23.7 Å². The summed E-state index contributed by atoms with van der Waals surface area (Å²) in [7, 11) is 0. The van der Waals surface area contributed by atoms with Crippen molar-refractivity contribution >= 4 is 5.69 Å². The Balaban J connectivity index is 3.10. The number of pyridine rings is 1. The Kier molecular flexibility index (Phi) is 3.63. The van der Waals surface area contributed by atoms with Crippen LogP contribution >= 0.6 is 0 Å². The molecule has 1 aromatic heterocycles. The van der Waals surface area contributed by atoms with Crippen molar-refractivity contribution in [1.29, 1.82) is 5.26 Å². The van der Waals surface area contributed by atoms with Crippen LogP contribution in [0.3, 0.4) is 0 Å². The van der Waals surface area contributed by atoms with Crippen LogP contribution in [0.25, 0.3) is 0 Å². The van der Waals surface area contributed by atoms with E-state index >= 15 is 0 Å². The molecule has 0 spiro atoms. The molecule has 1 aromatic rings. The smallest absolute Gasteiger partial charge is 0.292 e. The molecule has 0 aliphatic rings. The Morgan fingerprint density at radius 2 is 2.18 bits per heavy atom. The molecule has 0 aromatic carbocycles. The van der Waals surface area contributed by atoms with E-state index in [1.165, 1.54) is 12.1 Å². The Morgan fingerprint density at radius 1 is 1.53 bits per heavy atom. The van der Waals surface area contributed by atoms with Gasteiger partial charge in [-0.1, -0.05) is 0 Å². The zero-order valence-corrected chi connectivity index (χ0v) is 9.93. The summed E-state index contributed by atoms with van der Waals surface area (Å²) in [6, 6.07) is 4.59. The predicted molar refractivity (Wildman–Crippen MR) is 60.6 cm³/mol. The molecule has 0 atom stereocenters. The molecular weight excluding hydrogens is 222 g/mol. The van der Waals surface area contributed by atoms with Crippen molar-refractivity contribution < 1.29 is 9.66 Å². The Labute approximate surface area is 99.0 Å². The fourth-order valence-corrected chi connectivity index (χ4v) is 1.22. The summed E-state index contributed by atoms with van der Waals surface area (Å²) in [4.78, 5) is 14.1. The maximum atomic E-state index is 10.7. The lowest BCUT2D eigenvalue weighted by molar-refractivity contribution is -0.385. The fraction of sp³-hybridized carbons (Fsp3) is 0.455. The first-order valence-corrected chi connectivity index (χ1v) is 5.04. The first-order chi connectivity index (χ1) is 7.83. The lowest BCUT2D eigenvalue weighted by atomic mass is 10.2. The summed E-state index contributed by atoms with van der Waals surface area (Å²) >= 11 is 0. The first-order valence-electron chi connectivity index (χ1n) is 5.04. The van der Waals surface area contributed by atoms with E-state index in [2.05, 4.69) is 4.98 Å². The van der Waals surface area contributed by atoms with Crippen molar-refractivity contribution in [3.63, 3.8) is 0 Å². The summed E-state index contributed by atoms with van der Waals surface area (Å²) in [5, 5.41) is 19.3. The summed E-state index contributed by atoms with van der Waals surface area (Å²) in [5.74, 6) is 0.286. The Hall–Kier alpha value is -2.16. The quantitative estimate of drug-likeness (QED) is 0.592. The third kappa shape index (κ3) is 3.72. The minimum absolute atomic E-state index is 0.113. The largest absolute Gasteiger partial charge is 0.472 e. The van der Waals surface area contributed by atoms with Gasteiger partial charge < -0.3 is 4.74 Å². The number of nitrogens with zero attached hydrogens (tertiary/aromatic N) is 3. The molecule has 0 N–H and O–H groups in total. The van der Waals surface area contributed by atoms with Crippen molar-refractivity contribution in [3.05, 3.63) is 27.9 Å². The van der Waals surface area contributed by atoms with Crippen LogP contribution in [-0.4, -0.2) is 15.5 Å². The maximum absolute atomic E-state index is 10.7. The third-order valence-corrected chi connectivity index (χ3v) is 1.78. The van der Waals surface area contributed by atoms with Crippen LogP contribution in [0.5, 0.6) is 5.88 Å². The molecule has 0 aliphatic heterocycles. The van der Waals surface area contributed by atoms with Crippen molar-refractivity contribution in [2.24, 2.45) is 0 Å². The van der Waals surface area contributed by atoms with E-state index in [1.54, 1.807) is 0 Å². The van der Waals surface area contributed by atoms with Gasteiger partial charge in [0.15, 0.2) is 0 Å². The molecule has 17 heavy (non-hydrogen) atoms. The molecule has 0 amide bonds. The molecule has 6 heteroatoms. The van der Waals surface area contributed by atoms with E-state index in [4.69, 9.17) is 10.00 Å². The van der Waals surface area contributed by atoms with Crippen LogP contribution in [0.1, 0.15) is 26.5 Å². The highest BCUT2D eigenvalue weighted by Gasteiger charge is 2.19. The Morgan fingerprint density at radius 3 is 2.65 bits per heavy atom. The second-order valence-corrected chi connectivity index (χ2v) is 4.42. The third-order valence-electron chi connectivity index (χ3n) is 1.78. The highest BCUT2D eigenvalue weighted by Crippen LogP contribution is 2.23. The molecule has 0 aliphatic carbocycles. The number of rotatable bonds is 3. The summed E-state index contributed by atoms with van der Waals surface area (Å²) < 4.78 is 5.48. The van der Waals surface area contributed by atoms with Crippen LogP contribution < -0.4 is 4.74 Å². The molecule has 6 nitrogen and oxygen atoms in total. The number of nitro groups is 1. The van der Waals surface area contributed by atoms with Crippen molar-refractivity contribution in [1.82, 2.24) is 4.98 Å². The second-order valence-electron chi connectivity index (χ2n) is 4.42. The van der Waals surface area contributed by atoms with Gasteiger partial charge in [-0.2, -0.15) is 5.26 Å². The summed E-state index contributed by atoms with van der Waals surface area (Å²) in [5.41, 5.74) is -0.473. The van der Waals surface area contributed by atoms with Gasteiger partial charge in [0.05, 0.1) is 17.4 Å². The van der Waals surface area contributed by atoms with Crippen LogP contribution in [0.2, 0.25) is 0 Å². The summed E-state index contributed by atoms with van der Waals surface area (Å²) in [6.45, 7) is 5.54. The minimum Gasteiger partial charge on any atom is -0.472 e. The fourth-order valence-electron chi connectivity index (χ4n) is 1.22. The van der Waals surface area contributed by atoms with Crippen LogP contribution in [0.15, 0.2) is 12.1 Å². The number of hydrogen-bond donors (Lipinski definition) is 0. The monoisotopic (exact) mass is 235 g/mol. The van der Waals surface area contributed by atoms with Gasteiger partial charge >= 0.3 is 0 Å². The normalized spacial score (nSPS) is 10.7. The molecule has 0 bridgehead atoms. The second kappa shape index (κ2) is 4.78. The van der Waals surface area contributed by atoms with Crippen LogP contribution in [0, 0.1) is 21.4 Å². The van der Waals surface area contributed by atoms with Crippen molar-refractivity contribution in [2.45, 2.75) is 32.8 Å². The molecular formula is C11H13N3O3. The topological polar surface area (TPSA) is 89.0 Å². The standard InChI is InChI=1S/C11H13N3O3/c1-11(2,3)17-10-5-4-9(14(15)16)8(13-10)6-7-12/h4-5H,6H2,1-3H3. The minimum atomic E-state index is -0.555. The number of ether oxygens (including phenoxy) is 1. The van der Waals surface area contributed by atoms with E-state index in [0.717, 1.165) is 0 Å². The highest BCUT2D eigenvalue weighted by molar-refractivity contribution is 5.39. The summed E-state index contributed by atoms with van der Waals surface area (Å²) in [6.07, 6.45) is -0.113. The zero-order valence-electron chi connectivity index (χ0n) is 9.93. The van der Waals surface area contributed by atoms with E-state index in [9.17, 15) is 10.1 Å². The number of aromatic nitrogens is 1. The molecule has 0 fully saturated rings. The molecule has 90 valence electrons. The van der Waals surface area contributed by atoms with Gasteiger partial charge in [-0.3, -0.25) is 10.1 Å². The zero-order chi connectivity index (χ0) is 13.1. The van der Waals surface area contributed by atoms with Crippen LogP contribution in [-0.2, 0) is 6.42 Å². The highest BCUT2D eigenvalue weighted by atomic mass is 16.6. The van der Waals surface area contributed by atoms with Gasteiger partial charge in [0, 0.05) is 12.1 Å². The predicted octanol–water partition coefficient (Wildman–Crippen LogP) is 2.23. The lowest BCUT2D eigenvalue weighted by Gasteiger charge is -2.20. The van der Waals surface area contributed by atoms with E-state index in [0.29, 0.717) is 0 Å². The SMILES string of the molecule is CC(C)(C)Oc1ccc([N+](=O)[O-])c(CC#N)n1. The van der Waals surface area contributed by atoms with Crippen molar-refractivity contribution in [3.8, 4) is 11.9 Å². The number of hydrogen-bond acceptors (Lipinski definition) is 5. The number of nitriles is 1.